The maximum atomic E-state index is 12.6. The summed E-state index contributed by atoms with van der Waals surface area (Å²) >= 11 is 0. The van der Waals surface area contributed by atoms with E-state index in [0.29, 0.717) is 5.56 Å². The highest BCUT2D eigenvalue weighted by Gasteiger charge is 2.47. The van der Waals surface area contributed by atoms with Crippen LogP contribution in [0.5, 0.6) is 0 Å². The van der Waals surface area contributed by atoms with Crippen molar-refractivity contribution in [3.05, 3.63) is 36.2 Å². The van der Waals surface area contributed by atoms with E-state index in [1.807, 2.05) is 24.3 Å². The van der Waals surface area contributed by atoms with Crippen LogP contribution in [-0.4, -0.2) is 50.3 Å². The fourth-order valence-electron chi connectivity index (χ4n) is 3.94. The number of benzene rings is 1. The largest absolute Gasteiger partial charge is 0.349 e. The molecule has 7 heteroatoms. The Kier molecular flexibility index (Phi) is 4.36. The second-order valence-corrected chi connectivity index (χ2v) is 8.27. The summed E-state index contributed by atoms with van der Waals surface area (Å²) < 4.78 is 1.56. The lowest BCUT2D eigenvalue weighted by Crippen LogP contribution is -3.24. The van der Waals surface area contributed by atoms with Crippen molar-refractivity contribution in [2.24, 2.45) is 0 Å². The molecule has 0 aliphatic carbocycles. The summed E-state index contributed by atoms with van der Waals surface area (Å²) in [5, 5.41) is 14.3. The van der Waals surface area contributed by atoms with Gasteiger partial charge >= 0.3 is 0 Å². The van der Waals surface area contributed by atoms with Crippen molar-refractivity contribution >= 4 is 5.91 Å². The van der Waals surface area contributed by atoms with Crippen LogP contribution in [-0.2, 0) is 0 Å². The van der Waals surface area contributed by atoms with E-state index in [4.69, 9.17) is 0 Å². The Morgan fingerprint density at radius 2 is 1.76 bits per heavy atom. The van der Waals surface area contributed by atoms with Crippen molar-refractivity contribution in [3.8, 4) is 5.69 Å². The summed E-state index contributed by atoms with van der Waals surface area (Å²) in [4.78, 5) is 14.2. The number of piperidine rings is 1. The first-order valence-corrected chi connectivity index (χ1v) is 8.68. The van der Waals surface area contributed by atoms with Crippen molar-refractivity contribution in [3.63, 3.8) is 0 Å². The van der Waals surface area contributed by atoms with Crippen molar-refractivity contribution < 1.29 is 9.69 Å². The van der Waals surface area contributed by atoms with Gasteiger partial charge in [0.05, 0.1) is 23.8 Å². The lowest BCUT2D eigenvalue weighted by Gasteiger charge is -2.50. The molecule has 7 nitrogen and oxygen atoms in total. The molecule has 0 unspecified atom stereocenters. The standard InChI is InChI=1S/C18H26N6O/c1-17(2)10-14(11-18(3,4)23(17)5)20-16(25)13-6-8-15(9-7-13)24-12-19-21-22-24/h6-9,12,14H,10-11H2,1-5H3,(H,20,25)/p+1. The van der Waals surface area contributed by atoms with Gasteiger partial charge in [-0.3, -0.25) is 4.79 Å². The molecule has 1 aliphatic rings. The van der Waals surface area contributed by atoms with Crippen molar-refractivity contribution in [2.45, 2.75) is 57.7 Å². The number of nitrogens with zero attached hydrogens (tertiary/aromatic N) is 4. The van der Waals surface area contributed by atoms with E-state index in [9.17, 15) is 4.79 Å². The Labute approximate surface area is 148 Å². The summed E-state index contributed by atoms with van der Waals surface area (Å²) in [6, 6.07) is 7.49. The van der Waals surface area contributed by atoms with Gasteiger partial charge in [-0.2, -0.15) is 0 Å². The lowest BCUT2D eigenvalue weighted by molar-refractivity contribution is -0.982. The molecule has 2 N–H and O–H groups in total. The van der Waals surface area contributed by atoms with Crippen molar-refractivity contribution in [1.82, 2.24) is 25.5 Å². The number of amides is 1. The molecule has 25 heavy (non-hydrogen) atoms. The van der Waals surface area contributed by atoms with E-state index in [-0.39, 0.29) is 23.0 Å². The highest BCUT2D eigenvalue weighted by molar-refractivity contribution is 5.94. The van der Waals surface area contributed by atoms with E-state index in [2.05, 4.69) is 55.6 Å². The monoisotopic (exact) mass is 343 g/mol. The number of quaternary nitrogens is 1. The van der Waals surface area contributed by atoms with Gasteiger partial charge in [-0.05, 0) is 62.4 Å². The molecule has 1 amide bonds. The number of likely N-dealkylation sites (tertiary alicyclic amines) is 1. The fourth-order valence-corrected chi connectivity index (χ4v) is 3.94. The molecule has 1 saturated heterocycles. The molecular formula is C18H27N6O+. The normalized spacial score (nSPS) is 24.7. The van der Waals surface area contributed by atoms with Gasteiger partial charge in [0.25, 0.3) is 5.91 Å². The number of carbonyl (C=O) groups excluding carboxylic acids is 1. The summed E-state index contributed by atoms with van der Waals surface area (Å²) in [5.74, 6) is -0.0283. The van der Waals surface area contributed by atoms with Crippen LogP contribution in [0.4, 0.5) is 0 Å². The second-order valence-electron chi connectivity index (χ2n) is 8.27. The van der Waals surface area contributed by atoms with Gasteiger partial charge in [0, 0.05) is 24.4 Å². The predicted molar refractivity (Wildman–Crippen MR) is 94.7 cm³/mol. The average Bonchev–Trinajstić information content (AvgIpc) is 3.06. The van der Waals surface area contributed by atoms with E-state index in [1.54, 1.807) is 4.68 Å². The number of nitrogens with one attached hydrogen (secondary N) is 2. The van der Waals surface area contributed by atoms with E-state index >= 15 is 0 Å². The van der Waals surface area contributed by atoms with Crippen LogP contribution in [0.25, 0.3) is 5.69 Å². The van der Waals surface area contributed by atoms with Gasteiger partial charge in [-0.1, -0.05) is 0 Å². The van der Waals surface area contributed by atoms with Crippen molar-refractivity contribution in [1.29, 1.82) is 0 Å². The number of hydrogen-bond acceptors (Lipinski definition) is 4. The molecule has 0 radical (unpaired) electrons. The van der Waals surface area contributed by atoms with Crippen LogP contribution in [0, 0.1) is 0 Å². The minimum Gasteiger partial charge on any atom is -0.349 e. The third-order valence-corrected chi connectivity index (χ3v) is 5.62. The molecule has 2 aromatic rings. The van der Waals surface area contributed by atoms with Gasteiger partial charge < -0.3 is 10.2 Å². The highest BCUT2D eigenvalue weighted by atomic mass is 16.1. The minimum atomic E-state index is -0.0283. The Balaban J connectivity index is 1.70. The molecule has 1 aliphatic heterocycles. The zero-order chi connectivity index (χ0) is 18.2. The molecule has 1 aromatic heterocycles. The third kappa shape index (κ3) is 3.56. The van der Waals surface area contributed by atoms with Crippen molar-refractivity contribution in [2.75, 3.05) is 7.05 Å². The Bertz CT molecular complexity index is 717. The average molecular weight is 343 g/mol. The van der Waals surface area contributed by atoms with Gasteiger partial charge in [0.1, 0.15) is 6.33 Å². The summed E-state index contributed by atoms with van der Waals surface area (Å²) in [6.07, 6.45) is 3.47. The van der Waals surface area contributed by atoms with E-state index < -0.39 is 0 Å². The molecular weight excluding hydrogens is 316 g/mol. The summed E-state index contributed by atoms with van der Waals surface area (Å²) in [6.45, 7) is 9.07. The molecule has 0 atom stereocenters. The molecule has 3 rings (SSSR count). The predicted octanol–water partition coefficient (Wildman–Crippen LogP) is 0.626. The van der Waals surface area contributed by atoms with Crippen LogP contribution in [0.3, 0.4) is 0 Å². The molecule has 0 bridgehead atoms. The minimum absolute atomic E-state index is 0.0283. The first-order chi connectivity index (χ1) is 11.7. The Hall–Kier alpha value is -2.28. The molecule has 1 aromatic carbocycles. The summed E-state index contributed by atoms with van der Waals surface area (Å²) in [7, 11) is 2.25. The van der Waals surface area contributed by atoms with Gasteiger partial charge in [0.15, 0.2) is 0 Å². The molecule has 0 spiro atoms. The van der Waals surface area contributed by atoms with Crippen LogP contribution in [0.15, 0.2) is 30.6 Å². The highest BCUT2D eigenvalue weighted by Crippen LogP contribution is 2.23. The quantitative estimate of drug-likeness (QED) is 0.857. The molecule has 1 fully saturated rings. The van der Waals surface area contributed by atoms with Crippen LogP contribution >= 0.6 is 0 Å². The van der Waals surface area contributed by atoms with Gasteiger partial charge in [-0.15, -0.1) is 5.10 Å². The first-order valence-electron chi connectivity index (χ1n) is 8.68. The van der Waals surface area contributed by atoms with E-state index in [1.165, 1.54) is 11.2 Å². The smallest absolute Gasteiger partial charge is 0.251 e. The number of tetrazole rings is 1. The first kappa shape index (κ1) is 17.5. The number of carbonyl (C=O) groups is 1. The topological polar surface area (TPSA) is 77.1 Å². The Morgan fingerprint density at radius 1 is 1.16 bits per heavy atom. The zero-order valence-electron chi connectivity index (χ0n) is 15.6. The Morgan fingerprint density at radius 3 is 2.28 bits per heavy atom. The van der Waals surface area contributed by atoms with E-state index in [0.717, 1.165) is 18.5 Å². The SMILES string of the molecule is C[NH+]1C(C)(C)CC(NC(=O)c2ccc(-n3cnnn3)cc2)CC1(C)C. The molecule has 134 valence electrons. The number of hydrogen-bond donors (Lipinski definition) is 2. The second kappa shape index (κ2) is 6.22. The maximum Gasteiger partial charge on any atom is 0.251 e. The molecule has 0 saturated carbocycles. The fraction of sp³-hybridized carbons (Fsp3) is 0.556. The van der Waals surface area contributed by atoms with Crippen LogP contribution in [0.2, 0.25) is 0 Å². The van der Waals surface area contributed by atoms with Gasteiger partial charge in [0.2, 0.25) is 0 Å². The van der Waals surface area contributed by atoms with Crippen LogP contribution < -0.4 is 10.2 Å². The summed E-state index contributed by atoms with van der Waals surface area (Å²) in [5.41, 5.74) is 1.73. The lowest BCUT2D eigenvalue weighted by atomic mass is 9.77. The zero-order valence-corrected chi connectivity index (χ0v) is 15.6. The third-order valence-electron chi connectivity index (χ3n) is 5.62. The van der Waals surface area contributed by atoms with Crippen LogP contribution in [0.1, 0.15) is 50.9 Å². The number of rotatable bonds is 3. The van der Waals surface area contributed by atoms with Gasteiger partial charge in [-0.25, -0.2) is 4.68 Å². The number of aromatic nitrogens is 4. The maximum absolute atomic E-state index is 12.6. The molecule has 2 heterocycles.